The molecule has 16 aromatic rings. The third-order valence-corrected chi connectivity index (χ3v) is 21.6. The maximum Gasteiger partial charge on any atom is 3.00 e. The second kappa shape index (κ2) is 26.4. The molecule has 474 valence electrons. The van der Waals surface area contributed by atoms with Gasteiger partial charge in [0.2, 0.25) is 0 Å². The molecule has 3 aromatic heterocycles. The molecule has 0 saturated heterocycles. The number of rotatable bonds is 15. The monoisotopic (exact) mass is 1480 g/mol. The summed E-state index contributed by atoms with van der Waals surface area (Å²) < 4.78 is 3.53. The summed E-state index contributed by atoms with van der Waals surface area (Å²) in [6.07, 6.45) is 2.96. The maximum atomic E-state index is 5.14. The summed E-state index contributed by atoms with van der Waals surface area (Å²) in [6, 6.07) is 94.4. The van der Waals surface area contributed by atoms with Gasteiger partial charge in [-0.3, -0.25) is 15.0 Å². The van der Waals surface area contributed by atoms with Gasteiger partial charge in [-0.2, -0.15) is 0 Å². The number of aryl methyl sites for hydroxylation is 3. The predicted molar refractivity (Wildman–Crippen MR) is 414 cm³/mol. The molecule has 97 heavy (non-hydrogen) atoms. The molecule has 0 atom stereocenters. The van der Waals surface area contributed by atoms with E-state index >= 15 is 0 Å². The van der Waals surface area contributed by atoms with Gasteiger partial charge in [-0.15, -0.1) is 86.6 Å². The quantitative estimate of drug-likeness (QED) is 0.0960. The number of hydrogen-bond donors (Lipinski definition) is 0. The Morgan fingerprint density at radius 2 is 0.577 bits per heavy atom. The van der Waals surface area contributed by atoms with Crippen LogP contribution < -0.4 is 0 Å². The standard InChI is InChI=1S/C90H72N3S3.Ir/c1-52(2)43-58-19-16-22-61(46-58)85-73(31-34-79-76(85)37-40-82-88(79)91-55(7)94-82)70-28-13-10-25-67(70)64-49-65(68-26-11-14-29-71(68)74-32-35-80-77(38-41-83-89(80)92-56(8)95-83)86(74)62-23-17-20-59(47-62)44-53(3)4)51-66(50-64)69-27-12-15-30-72(69)75-33-36-81-78(39-42-84-90(81)93-57(9)96-84)87(75)63-24-18-21-60(48-63)45-54(5)6;/h10-33,37-42,46-54H,43-45H2,1-9H3;/q-3;+3. The van der Waals surface area contributed by atoms with Crippen molar-refractivity contribution in [2.75, 3.05) is 0 Å². The molecule has 16 rings (SSSR count). The molecule has 7 heteroatoms. The van der Waals surface area contributed by atoms with Crippen molar-refractivity contribution in [2.24, 2.45) is 17.8 Å². The Balaban J connectivity index is 0.00000770. The van der Waals surface area contributed by atoms with Crippen molar-refractivity contribution in [1.82, 2.24) is 15.0 Å². The van der Waals surface area contributed by atoms with E-state index in [-0.39, 0.29) is 20.1 Å². The third kappa shape index (κ3) is 12.1. The summed E-state index contributed by atoms with van der Waals surface area (Å²) in [4.78, 5) is 15.4. The molecule has 0 bridgehead atoms. The average molecular weight is 1480 g/mol. The minimum atomic E-state index is 0. The average Bonchev–Trinajstić information content (AvgIpc) is 1.60. The van der Waals surface area contributed by atoms with E-state index in [0.717, 1.165) is 150 Å². The summed E-state index contributed by atoms with van der Waals surface area (Å²) in [5.74, 6) is 1.52. The van der Waals surface area contributed by atoms with E-state index in [1.54, 1.807) is 34.0 Å². The fourth-order valence-electron chi connectivity index (χ4n) is 15.0. The molecule has 13 aromatic carbocycles. The van der Waals surface area contributed by atoms with Crippen molar-refractivity contribution in [3.63, 3.8) is 0 Å². The number of benzene rings is 13. The van der Waals surface area contributed by atoms with Crippen LogP contribution in [0.15, 0.2) is 218 Å². The van der Waals surface area contributed by atoms with Crippen LogP contribution in [-0.4, -0.2) is 15.0 Å². The Hall–Kier alpha value is -9.04. The van der Waals surface area contributed by atoms with E-state index in [1.807, 2.05) is 0 Å². The molecule has 0 N–H and O–H groups in total. The van der Waals surface area contributed by atoms with Gasteiger partial charge < -0.3 is 0 Å². The third-order valence-electron chi connectivity index (χ3n) is 18.8. The van der Waals surface area contributed by atoms with Gasteiger partial charge in [-0.25, -0.2) is 0 Å². The van der Waals surface area contributed by atoms with Crippen LogP contribution in [0.2, 0.25) is 0 Å². The summed E-state index contributed by atoms with van der Waals surface area (Å²) in [6.45, 7) is 20.2. The van der Waals surface area contributed by atoms with E-state index in [2.05, 4.69) is 299 Å². The molecular weight excluding hydrogens is 1410 g/mol. The Bertz CT molecular complexity index is 5170. The summed E-state index contributed by atoms with van der Waals surface area (Å²) in [5, 5.41) is 9.73. The molecule has 3 nitrogen and oxygen atoms in total. The van der Waals surface area contributed by atoms with Gasteiger partial charge in [-0.1, -0.05) is 290 Å². The molecule has 0 radical (unpaired) electrons. The van der Waals surface area contributed by atoms with Gasteiger partial charge in [0.05, 0.1) is 15.0 Å². The van der Waals surface area contributed by atoms with Crippen LogP contribution in [0.1, 0.15) is 73.3 Å². The first-order valence-electron chi connectivity index (χ1n) is 33.7. The topological polar surface area (TPSA) is 38.7 Å². The van der Waals surface area contributed by atoms with E-state index in [9.17, 15) is 0 Å². The van der Waals surface area contributed by atoms with E-state index in [4.69, 9.17) is 15.0 Å². The van der Waals surface area contributed by atoms with Crippen molar-refractivity contribution in [3.8, 4) is 100 Å². The molecule has 0 amide bonds. The van der Waals surface area contributed by atoms with Crippen LogP contribution in [-0.2, 0) is 39.4 Å². The molecule has 0 fully saturated rings. The van der Waals surface area contributed by atoms with Crippen LogP contribution in [0.4, 0.5) is 0 Å². The van der Waals surface area contributed by atoms with Gasteiger partial charge in [-0.05, 0) is 143 Å². The fraction of sp³-hybridized carbons (Fsp3) is 0.167. The van der Waals surface area contributed by atoms with Gasteiger partial charge in [0.1, 0.15) is 0 Å². The summed E-state index contributed by atoms with van der Waals surface area (Å²) >= 11 is 5.23. The first-order chi connectivity index (χ1) is 46.7. The molecule has 0 aliphatic rings. The van der Waals surface area contributed by atoms with E-state index in [0.29, 0.717) is 17.8 Å². The first-order valence-corrected chi connectivity index (χ1v) is 36.2. The van der Waals surface area contributed by atoms with Crippen LogP contribution in [0.5, 0.6) is 0 Å². The van der Waals surface area contributed by atoms with E-state index in [1.165, 1.54) is 64.2 Å². The van der Waals surface area contributed by atoms with Crippen molar-refractivity contribution in [1.29, 1.82) is 0 Å². The molecule has 0 aliphatic carbocycles. The molecule has 0 saturated carbocycles. The van der Waals surface area contributed by atoms with Crippen LogP contribution in [0.25, 0.3) is 163 Å². The van der Waals surface area contributed by atoms with Crippen molar-refractivity contribution < 1.29 is 20.1 Å². The van der Waals surface area contributed by atoms with Crippen LogP contribution >= 0.6 is 34.0 Å². The molecule has 0 aliphatic heterocycles. The Morgan fingerprint density at radius 1 is 0.299 bits per heavy atom. The zero-order valence-electron chi connectivity index (χ0n) is 56.0. The Labute approximate surface area is 595 Å². The van der Waals surface area contributed by atoms with Crippen LogP contribution in [0.3, 0.4) is 0 Å². The molecule has 3 heterocycles. The van der Waals surface area contributed by atoms with Crippen molar-refractivity contribution >= 4 is 97.0 Å². The Morgan fingerprint density at radius 3 is 0.856 bits per heavy atom. The minimum Gasteiger partial charge on any atom is -0.290 e. The molecule has 0 spiro atoms. The van der Waals surface area contributed by atoms with Crippen molar-refractivity contribution in [3.05, 3.63) is 268 Å². The number of aromatic nitrogens is 3. The summed E-state index contributed by atoms with van der Waals surface area (Å²) in [5.41, 5.74) is 27.6. The van der Waals surface area contributed by atoms with Gasteiger partial charge in [0.15, 0.2) is 0 Å². The zero-order valence-corrected chi connectivity index (χ0v) is 60.9. The Kier molecular flexibility index (Phi) is 17.4. The smallest absolute Gasteiger partial charge is 0.290 e. The van der Waals surface area contributed by atoms with Crippen molar-refractivity contribution in [2.45, 2.75) is 81.6 Å². The van der Waals surface area contributed by atoms with E-state index < -0.39 is 0 Å². The fourth-order valence-corrected chi connectivity index (χ4v) is 17.5. The largest absolute Gasteiger partial charge is 3.00 e. The maximum absolute atomic E-state index is 5.14. The zero-order chi connectivity index (χ0) is 65.5. The van der Waals surface area contributed by atoms with Gasteiger partial charge in [0, 0.05) is 30.6 Å². The number of nitrogens with zero attached hydrogens (tertiary/aromatic N) is 3. The normalized spacial score (nSPS) is 11.9. The molecular formula is C90H72IrN3S3. The second-order valence-corrected chi connectivity index (χ2v) is 31.0. The first kappa shape index (κ1) is 64.0. The second-order valence-electron chi connectivity index (χ2n) is 27.3. The minimum absolute atomic E-state index is 0. The predicted octanol–water partition coefficient (Wildman–Crippen LogP) is 25.9. The number of fused-ring (bicyclic) bond motifs is 9. The number of hydrogen-bond acceptors (Lipinski definition) is 6. The van der Waals surface area contributed by atoms with Gasteiger partial charge >= 0.3 is 20.1 Å². The number of thiazole rings is 3. The van der Waals surface area contributed by atoms with Crippen LogP contribution in [0, 0.1) is 56.7 Å². The molecule has 0 unspecified atom stereocenters. The van der Waals surface area contributed by atoms with Gasteiger partial charge in [0.25, 0.3) is 0 Å². The summed E-state index contributed by atoms with van der Waals surface area (Å²) in [7, 11) is 0. The SMILES string of the molecule is Cc1nc2c(ccc3c(-c4cccc(CC(C)C)c4)c(-c4ccccc4-c4cc(-c5ccccc5-c5c[c-]c6c(ccc7sc(C)nc76)c5-c5cccc(CC(C)C)c5)cc(-c5ccccc5-c5c[c-]c6c(ccc7sc(C)nc76)c5-c5cccc(CC(C)C)c5)c4)c[c-]c32)s1.[Ir+3].